The number of carbonyl (C=O) groups excluding carboxylic acids is 1. The summed E-state index contributed by atoms with van der Waals surface area (Å²) in [7, 11) is 0. The van der Waals surface area contributed by atoms with Crippen LogP contribution in [0.1, 0.15) is 21.5 Å². The number of nitrogens with one attached hydrogen (secondary N) is 1. The fraction of sp³-hybridized carbons (Fsp3) is 0.0667. The number of para-hydroxylation sites is 1. The molecule has 0 aliphatic heterocycles. The summed E-state index contributed by atoms with van der Waals surface area (Å²) in [5.41, 5.74) is 2.73. The van der Waals surface area contributed by atoms with Crippen molar-refractivity contribution in [3.05, 3.63) is 65.2 Å². The lowest BCUT2D eigenvalue weighted by Crippen LogP contribution is -2.13. The molecule has 0 fully saturated rings. The molecule has 0 unspecified atom stereocenters. The lowest BCUT2D eigenvalue weighted by atomic mass is 10.1. The highest BCUT2D eigenvalue weighted by Crippen LogP contribution is 2.19. The van der Waals surface area contributed by atoms with Crippen LogP contribution in [0.2, 0.25) is 0 Å². The third-order valence-electron chi connectivity index (χ3n) is 2.66. The molecule has 0 bridgehead atoms. The minimum absolute atomic E-state index is 0.217. The lowest BCUT2D eigenvalue weighted by Gasteiger charge is -2.09. The van der Waals surface area contributed by atoms with E-state index in [1.807, 2.05) is 30.3 Å². The van der Waals surface area contributed by atoms with Gasteiger partial charge in [0.15, 0.2) is 0 Å². The average molecular weight is 315 g/mol. The number of amides is 1. The number of benzene rings is 2. The SMILES string of the molecule is N#Cc1cccc(C(=O)Nc2ccccc2CBr)c1. The van der Waals surface area contributed by atoms with Gasteiger partial charge in [-0.1, -0.05) is 40.2 Å². The van der Waals surface area contributed by atoms with Crippen molar-refractivity contribution in [2.45, 2.75) is 5.33 Å². The molecule has 0 saturated carbocycles. The molecule has 19 heavy (non-hydrogen) atoms. The largest absolute Gasteiger partial charge is 0.322 e. The fourth-order valence-corrected chi connectivity index (χ4v) is 2.17. The van der Waals surface area contributed by atoms with Crippen LogP contribution in [-0.4, -0.2) is 5.91 Å². The molecule has 2 aromatic carbocycles. The van der Waals surface area contributed by atoms with E-state index >= 15 is 0 Å². The zero-order valence-corrected chi connectivity index (χ0v) is 11.6. The fourth-order valence-electron chi connectivity index (χ4n) is 1.68. The maximum absolute atomic E-state index is 12.1. The van der Waals surface area contributed by atoms with Gasteiger partial charge >= 0.3 is 0 Å². The molecule has 0 radical (unpaired) electrons. The molecule has 0 atom stereocenters. The Hall–Kier alpha value is -2.12. The highest BCUT2D eigenvalue weighted by atomic mass is 79.9. The molecule has 94 valence electrons. The molecule has 0 aliphatic rings. The predicted molar refractivity (Wildman–Crippen MR) is 78.2 cm³/mol. The van der Waals surface area contributed by atoms with Gasteiger partial charge in [0.25, 0.3) is 5.91 Å². The first kappa shape index (κ1) is 13.3. The van der Waals surface area contributed by atoms with E-state index in [-0.39, 0.29) is 5.91 Å². The summed E-state index contributed by atoms with van der Waals surface area (Å²) in [6, 6.07) is 16.2. The van der Waals surface area contributed by atoms with Gasteiger partial charge in [-0.05, 0) is 29.8 Å². The Bertz CT molecular complexity index is 647. The van der Waals surface area contributed by atoms with Crippen LogP contribution in [0.5, 0.6) is 0 Å². The second-order valence-electron chi connectivity index (χ2n) is 3.94. The van der Waals surface area contributed by atoms with Gasteiger partial charge < -0.3 is 5.32 Å². The van der Waals surface area contributed by atoms with Gasteiger partial charge in [-0.15, -0.1) is 0 Å². The van der Waals surface area contributed by atoms with Crippen molar-refractivity contribution >= 4 is 27.5 Å². The van der Waals surface area contributed by atoms with Gasteiger partial charge in [0, 0.05) is 16.6 Å². The van der Waals surface area contributed by atoms with E-state index < -0.39 is 0 Å². The normalized spacial score (nSPS) is 9.68. The quantitative estimate of drug-likeness (QED) is 0.878. The summed E-state index contributed by atoms with van der Waals surface area (Å²) < 4.78 is 0. The van der Waals surface area contributed by atoms with E-state index in [9.17, 15) is 4.79 Å². The molecule has 1 N–H and O–H groups in total. The minimum Gasteiger partial charge on any atom is -0.322 e. The Morgan fingerprint density at radius 3 is 2.74 bits per heavy atom. The number of hydrogen-bond donors (Lipinski definition) is 1. The number of alkyl halides is 1. The van der Waals surface area contributed by atoms with Gasteiger partial charge in [0.05, 0.1) is 11.6 Å². The molecule has 0 spiro atoms. The van der Waals surface area contributed by atoms with Crippen molar-refractivity contribution in [3.8, 4) is 6.07 Å². The summed E-state index contributed by atoms with van der Waals surface area (Å²) >= 11 is 3.38. The van der Waals surface area contributed by atoms with Crippen LogP contribution < -0.4 is 5.32 Å². The molecule has 3 nitrogen and oxygen atoms in total. The summed E-state index contributed by atoms with van der Waals surface area (Å²) in [5.74, 6) is -0.217. The van der Waals surface area contributed by atoms with Crippen LogP contribution in [0, 0.1) is 11.3 Å². The summed E-state index contributed by atoms with van der Waals surface area (Å²) in [6.07, 6.45) is 0. The van der Waals surface area contributed by atoms with Crippen molar-refractivity contribution in [2.24, 2.45) is 0 Å². The molecule has 0 aromatic heterocycles. The zero-order chi connectivity index (χ0) is 13.7. The second-order valence-corrected chi connectivity index (χ2v) is 4.50. The van der Waals surface area contributed by atoms with Gasteiger partial charge in [-0.3, -0.25) is 4.79 Å². The van der Waals surface area contributed by atoms with Gasteiger partial charge in [0.1, 0.15) is 0 Å². The number of carbonyl (C=O) groups is 1. The van der Waals surface area contributed by atoms with Crippen LogP contribution >= 0.6 is 15.9 Å². The first-order chi connectivity index (χ1) is 9.24. The van der Waals surface area contributed by atoms with Crippen LogP contribution in [0.3, 0.4) is 0 Å². The predicted octanol–water partition coefficient (Wildman–Crippen LogP) is 3.71. The van der Waals surface area contributed by atoms with Crippen molar-refractivity contribution < 1.29 is 4.79 Å². The Balaban J connectivity index is 2.23. The zero-order valence-electron chi connectivity index (χ0n) is 10.1. The van der Waals surface area contributed by atoms with E-state index in [2.05, 4.69) is 21.2 Å². The van der Waals surface area contributed by atoms with Crippen molar-refractivity contribution in [1.29, 1.82) is 5.26 Å². The maximum Gasteiger partial charge on any atom is 0.255 e. The van der Waals surface area contributed by atoms with E-state index in [1.165, 1.54) is 0 Å². The van der Waals surface area contributed by atoms with Crippen LogP contribution in [-0.2, 0) is 5.33 Å². The standard InChI is InChI=1S/C15H11BrN2O/c16-9-13-5-1-2-7-14(13)18-15(19)12-6-3-4-11(8-12)10-17/h1-8H,9H2,(H,18,19). The number of halogens is 1. The number of anilines is 1. The number of rotatable bonds is 3. The first-order valence-corrected chi connectivity index (χ1v) is 6.82. The highest BCUT2D eigenvalue weighted by Gasteiger charge is 2.08. The van der Waals surface area contributed by atoms with Crippen molar-refractivity contribution in [2.75, 3.05) is 5.32 Å². The van der Waals surface area contributed by atoms with Crippen molar-refractivity contribution in [3.63, 3.8) is 0 Å². The highest BCUT2D eigenvalue weighted by molar-refractivity contribution is 9.08. The molecule has 0 heterocycles. The molecular formula is C15H11BrN2O. The molecular weight excluding hydrogens is 304 g/mol. The lowest BCUT2D eigenvalue weighted by molar-refractivity contribution is 0.102. The Morgan fingerprint density at radius 1 is 1.21 bits per heavy atom. The van der Waals surface area contributed by atoms with Gasteiger partial charge in [0.2, 0.25) is 0 Å². The number of hydrogen-bond acceptors (Lipinski definition) is 2. The van der Waals surface area contributed by atoms with Gasteiger partial charge in [-0.25, -0.2) is 0 Å². The molecule has 2 rings (SSSR count). The smallest absolute Gasteiger partial charge is 0.255 e. The first-order valence-electron chi connectivity index (χ1n) is 5.70. The second kappa shape index (κ2) is 6.17. The van der Waals surface area contributed by atoms with Crippen LogP contribution in [0.4, 0.5) is 5.69 Å². The van der Waals surface area contributed by atoms with E-state index in [4.69, 9.17) is 5.26 Å². The third kappa shape index (κ3) is 3.21. The molecule has 0 aliphatic carbocycles. The van der Waals surface area contributed by atoms with E-state index in [0.29, 0.717) is 16.5 Å². The van der Waals surface area contributed by atoms with Crippen molar-refractivity contribution in [1.82, 2.24) is 0 Å². The summed E-state index contributed by atoms with van der Waals surface area (Å²) in [5, 5.41) is 12.3. The number of nitrogens with zero attached hydrogens (tertiary/aromatic N) is 1. The van der Waals surface area contributed by atoms with Gasteiger partial charge in [-0.2, -0.15) is 5.26 Å². The topological polar surface area (TPSA) is 52.9 Å². The third-order valence-corrected chi connectivity index (χ3v) is 3.27. The van der Waals surface area contributed by atoms with Crippen LogP contribution in [0.25, 0.3) is 0 Å². The monoisotopic (exact) mass is 314 g/mol. The number of nitriles is 1. The minimum atomic E-state index is -0.217. The van der Waals surface area contributed by atoms with E-state index in [1.54, 1.807) is 24.3 Å². The van der Waals surface area contributed by atoms with E-state index in [0.717, 1.165) is 11.3 Å². The molecule has 0 saturated heterocycles. The average Bonchev–Trinajstić information content (AvgIpc) is 2.47. The maximum atomic E-state index is 12.1. The molecule has 1 amide bonds. The van der Waals surface area contributed by atoms with Crippen LogP contribution in [0.15, 0.2) is 48.5 Å². The Labute approximate surface area is 120 Å². The Kier molecular flexibility index (Phi) is 4.32. The summed E-state index contributed by atoms with van der Waals surface area (Å²) in [6.45, 7) is 0. The molecule has 2 aromatic rings. The Morgan fingerprint density at radius 2 is 2.00 bits per heavy atom. The summed E-state index contributed by atoms with van der Waals surface area (Å²) in [4.78, 5) is 12.1. The molecule has 4 heteroatoms.